The molecular formula is C21H30N6. The number of aromatic nitrogens is 3. The second kappa shape index (κ2) is 7.90. The molecule has 2 aromatic rings. The lowest BCUT2D eigenvalue weighted by atomic mass is 10.1. The van der Waals surface area contributed by atoms with Gasteiger partial charge in [-0.25, -0.2) is 9.97 Å². The third kappa shape index (κ3) is 3.96. The van der Waals surface area contributed by atoms with Crippen LogP contribution in [-0.2, 0) is 0 Å². The molecule has 2 atom stereocenters. The summed E-state index contributed by atoms with van der Waals surface area (Å²) >= 11 is 0. The van der Waals surface area contributed by atoms with Crippen LogP contribution in [0.25, 0.3) is 0 Å². The highest BCUT2D eigenvalue weighted by Crippen LogP contribution is 2.38. The highest BCUT2D eigenvalue weighted by Gasteiger charge is 2.32. The van der Waals surface area contributed by atoms with Crippen LogP contribution < -0.4 is 4.90 Å². The predicted octanol–water partition coefficient (Wildman–Crippen LogP) is 2.83. The zero-order chi connectivity index (χ0) is 18.8. The van der Waals surface area contributed by atoms with Crippen LogP contribution in [0.15, 0.2) is 30.5 Å². The Bertz CT molecular complexity index is 757. The van der Waals surface area contributed by atoms with E-state index in [-0.39, 0.29) is 0 Å². The topological polar surface area (TPSA) is 48.4 Å². The molecule has 0 N–H and O–H groups in total. The average Bonchev–Trinajstić information content (AvgIpc) is 3.18. The van der Waals surface area contributed by atoms with Gasteiger partial charge in [-0.2, -0.15) is 0 Å². The second-order valence-corrected chi connectivity index (χ2v) is 7.81. The van der Waals surface area contributed by atoms with E-state index in [2.05, 4.69) is 51.9 Å². The summed E-state index contributed by atoms with van der Waals surface area (Å²) in [4.78, 5) is 21.5. The molecule has 4 rings (SSSR count). The number of aryl methyl sites for hydroxylation is 1. The number of likely N-dealkylation sites (tertiary alicyclic amines) is 1. The molecule has 2 saturated heterocycles. The van der Waals surface area contributed by atoms with Gasteiger partial charge in [0, 0.05) is 44.5 Å². The van der Waals surface area contributed by atoms with Crippen LogP contribution in [0.2, 0.25) is 0 Å². The van der Waals surface area contributed by atoms with Crippen LogP contribution in [0.3, 0.4) is 0 Å². The van der Waals surface area contributed by atoms with Gasteiger partial charge in [-0.1, -0.05) is 6.07 Å². The summed E-state index contributed by atoms with van der Waals surface area (Å²) in [7, 11) is 2.18. The first-order chi connectivity index (χ1) is 13.1. The molecule has 2 aliphatic rings. The Hall–Kier alpha value is -2.05. The molecule has 6 nitrogen and oxygen atoms in total. The summed E-state index contributed by atoms with van der Waals surface area (Å²) in [6.45, 7) is 9.61. The smallest absolute Gasteiger partial charge is 0.132 e. The number of rotatable bonds is 4. The van der Waals surface area contributed by atoms with Crippen molar-refractivity contribution in [3.63, 3.8) is 0 Å². The van der Waals surface area contributed by atoms with Crippen molar-refractivity contribution in [1.82, 2.24) is 24.8 Å². The van der Waals surface area contributed by atoms with Gasteiger partial charge >= 0.3 is 0 Å². The molecule has 144 valence electrons. The maximum absolute atomic E-state index is 4.84. The van der Waals surface area contributed by atoms with Crippen LogP contribution in [0.1, 0.15) is 49.1 Å². The zero-order valence-corrected chi connectivity index (χ0v) is 16.7. The molecule has 2 aliphatic heterocycles. The first kappa shape index (κ1) is 18.3. The van der Waals surface area contributed by atoms with E-state index in [1.165, 1.54) is 6.42 Å². The molecule has 0 aliphatic carbocycles. The number of hydrogen-bond donors (Lipinski definition) is 0. The van der Waals surface area contributed by atoms with Crippen LogP contribution in [-0.4, -0.2) is 64.5 Å². The summed E-state index contributed by atoms with van der Waals surface area (Å²) in [5.41, 5.74) is 2.30. The van der Waals surface area contributed by atoms with Crippen molar-refractivity contribution in [2.24, 2.45) is 0 Å². The summed E-state index contributed by atoms with van der Waals surface area (Å²) in [6.07, 6.45) is 4.24. The first-order valence-corrected chi connectivity index (χ1v) is 10.1. The Morgan fingerprint density at radius 2 is 1.89 bits per heavy atom. The third-order valence-corrected chi connectivity index (χ3v) is 5.92. The minimum Gasteiger partial charge on any atom is -0.354 e. The normalized spacial score (nSPS) is 22.9. The quantitative estimate of drug-likeness (QED) is 0.829. The van der Waals surface area contributed by atoms with Gasteiger partial charge in [0.25, 0.3) is 0 Å². The molecule has 2 fully saturated rings. The van der Waals surface area contributed by atoms with E-state index in [0.717, 1.165) is 62.2 Å². The van der Waals surface area contributed by atoms with Gasteiger partial charge in [-0.15, -0.1) is 0 Å². The lowest BCUT2D eigenvalue weighted by Gasteiger charge is -2.34. The largest absolute Gasteiger partial charge is 0.354 e. The summed E-state index contributed by atoms with van der Waals surface area (Å²) < 4.78 is 0. The van der Waals surface area contributed by atoms with Crippen molar-refractivity contribution in [1.29, 1.82) is 0 Å². The third-order valence-electron chi connectivity index (χ3n) is 5.92. The SMILES string of the molecule is Cc1nc([C@H]2CCCN2C(C)c2ccccn2)cc(N2CCN(C)CC2)n1. The fourth-order valence-electron chi connectivity index (χ4n) is 4.31. The van der Waals surface area contributed by atoms with Crippen molar-refractivity contribution in [3.8, 4) is 0 Å². The van der Waals surface area contributed by atoms with Gasteiger partial charge in [0.2, 0.25) is 0 Å². The molecule has 0 spiro atoms. The van der Waals surface area contributed by atoms with E-state index >= 15 is 0 Å². The van der Waals surface area contributed by atoms with E-state index in [4.69, 9.17) is 9.97 Å². The minimum absolute atomic E-state index is 0.293. The fourth-order valence-corrected chi connectivity index (χ4v) is 4.31. The number of hydrogen-bond acceptors (Lipinski definition) is 6. The van der Waals surface area contributed by atoms with E-state index < -0.39 is 0 Å². The lowest BCUT2D eigenvalue weighted by Crippen LogP contribution is -2.45. The Balaban J connectivity index is 1.58. The summed E-state index contributed by atoms with van der Waals surface area (Å²) in [6, 6.07) is 9.04. The number of nitrogens with zero attached hydrogens (tertiary/aromatic N) is 6. The standard InChI is InChI=1S/C21H30N6/c1-16(18-7-4-5-9-22-18)27-10-6-8-20(27)19-15-21(24-17(2)23-19)26-13-11-25(3)12-14-26/h4-5,7,9,15-16,20H,6,8,10-14H2,1-3H3/t16?,20-/m1/s1. The molecule has 0 aromatic carbocycles. The van der Waals surface area contributed by atoms with Crippen molar-refractivity contribution in [2.45, 2.75) is 38.8 Å². The molecule has 0 bridgehead atoms. The monoisotopic (exact) mass is 366 g/mol. The minimum atomic E-state index is 0.293. The highest BCUT2D eigenvalue weighted by atomic mass is 15.3. The summed E-state index contributed by atoms with van der Waals surface area (Å²) in [5.74, 6) is 1.96. The second-order valence-electron chi connectivity index (χ2n) is 7.81. The Morgan fingerprint density at radius 1 is 1.07 bits per heavy atom. The predicted molar refractivity (Wildman–Crippen MR) is 108 cm³/mol. The van der Waals surface area contributed by atoms with E-state index in [0.29, 0.717) is 12.1 Å². The number of likely N-dealkylation sites (N-methyl/N-ethyl adjacent to an activating group) is 1. The molecular weight excluding hydrogens is 336 g/mol. The van der Waals surface area contributed by atoms with Gasteiger partial charge in [-0.05, 0) is 52.4 Å². The van der Waals surface area contributed by atoms with Crippen molar-refractivity contribution >= 4 is 5.82 Å². The van der Waals surface area contributed by atoms with Crippen LogP contribution in [0, 0.1) is 6.92 Å². The van der Waals surface area contributed by atoms with Gasteiger partial charge in [0.15, 0.2) is 0 Å². The van der Waals surface area contributed by atoms with Gasteiger partial charge in [0.1, 0.15) is 11.6 Å². The molecule has 27 heavy (non-hydrogen) atoms. The fraction of sp³-hybridized carbons (Fsp3) is 0.571. The maximum Gasteiger partial charge on any atom is 0.132 e. The van der Waals surface area contributed by atoms with Gasteiger partial charge < -0.3 is 9.80 Å². The van der Waals surface area contributed by atoms with E-state index in [1.807, 2.05) is 19.2 Å². The molecule has 0 amide bonds. The Kier molecular flexibility index (Phi) is 5.36. The Labute approximate surface area is 162 Å². The van der Waals surface area contributed by atoms with Crippen LogP contribution in [0.5, 0.6) is 0 Å². The van der Waals surface area contributed by atoms with E-state index in [9.17, 15) is 0 Å². The van der Waals surface area contributed by atoms with Crippen molar-refractivity contribution in [3.05, 3.63) is 47.7 Å². The summed E-state index contributed by atoms with van der Waals surface area (Å²) in [5, 5.41) is 0. The van der Waals surface area contributed by atoms with Gasteiger partial charge in [-0.3, -0.25) is 9.88 Å². The molecule has 0 saturated carbocycles. The van der Waals surface area contributed by atoms with Crippen molar-refractivity contribution in [2.75, 3.05) is 44.7 Å². The zero-order valence-electron chi connectivity index (χ0n) is 16.7. The molecule has 4 heterocycles. The molecule has 1 unspecified atom stereocenters. The number of piperazine rings is 1. The lowest BCUT2D eigenvalue weighted by molar-refractivity contribution is 0.187. The number of anilines is 1. The molecule has 0 radical (unpaired) electrons. The number of pyridine rings is 1. The van der Waals surface area contributed by atoms with Crippen molar-refractivity contribution < 1.29 is 0 Å². The first-order valence-electron chi connectivity index (χ1n) is 10.1. The van der Waals surface area contributed by atoms with Crippen LogP contribution >= 0.6 is 0 Å². The van der Waals surface area contributed by atoms with Gasteiger partial charge in [0.05, 0.1) is 17.4 Å². The van der Waals surface area contributed by atoms with Crippen LogP contribution in [0.4, 0.5) is 5.82 Å². The maximum atomic E-state index is 4.84. The average molecular weight is 367 g/mol. The molecule has 6 heteroatoms. The van der Waals surface area contributed by atoms with E-state index in [1.54, 1.807) is 0 Å². The highest BCUT2D eigenvalue weighted by molar-refractivity contribution is 5.41. The molecule has 2 aromatic heterocycles. The Morgan fingerprint density at radius 3 is 2.63 bits per heavy atom.